The molecule has 2 aromatic carbocycles. The first-order valence-electron chi connectivity index (χ1n) is 8.96. The van der Waals surface area contributed by atoms with Crippen molar-refractivity contribution < 1.29 is 19.1 Å². The number of benzene rings is 2. The van der Waals surface area contributed by atoms with E-state index in [1.807, 2.05) is 18.2 Å². The molecule has 0 spiro atoms. The maximum atomic E-state index is 13.1. The second-order valence-electron chi connectivity index (χ2n) is 6.48. The molecule has 0 aromatic heterocycles. The highest BCUT2D eigenvalue weighted by Gasteiger charge is 2.32. The molecule has 6 heteroatoms. The molecule has 1 N–H and O–H groups in total. The minimum absolute atomic E-state index is 0.147. The Kier molecular flexibility index (Phi) is 5.41. The number of Topliss-reactive ketones (excluding diaryl/α,β-unsaturated/α-hetero) is 1. The van der Waals surface area contributed by atoms with Crippen molar-refractivity contribution in [2.24, 2.45) is 0 Å². The standard InChI is InChI=1S/C22H18BrNO4/c23-16-8-6-15(7-9-16)22(26)24-18-13-20-19(27-10-11-28-20)12-17(18)21(25)14-4-2-1-3-5-14/h1-9,12-13,18-19H,10-11H2,(H,24,26). The number of nitrogens with one attached hydrogen (secondary N) is 1. The van der Waals surface area contributed by atoms with Crippen LogP contribution in [0.25, 0.3) is 0 Å². The second-order valence-corrected chi connectivity index (χ2v) is 7.40. The average molecular weight is 440 g/mol. The van der Waals surface area contributed by atoms with Gasteiger partial charge in [-0.2, -0.15) is 0 Å². The number of hydrogen-bond donors (Lipinski definition) is 1. The largest absolute Gasteiger partial charge is 0.493 e. The number of fused-ring (bicyclic) bond motifs is 1. The van der Waals surface area contributed by atoms with Gasteiger partial charge in [0.2, 0.25) is 0 Å². The van der Waals surface area contributed by atoms with Crippen molar-refractivity contribution in [2.45, 2.75) is 12.1 Å². The molecule has 142 valence electrons. The summed E-state index contributed by atoms with van der Waals surface area (Å²) in [6.45, 7) is 0.909. The van der Waals surface area contributed by atoms with Crippen LogP contribution >= 0.6 is 15.9 Å². The van der Waals surface area contributed by atoms with Gasteiger partial charge in [-0.05, 0) is 36.4 Å². The maximum Gasteiger partial charge on any atom is 0.252 e. The molecule has 0 bridgehead atoms. The molecule has 5 nitrogen and oxygen atoms in total. The van der Waals surface area contributed by atoms with Gasteiger partial charge in [-0.25, -0.2) is 0 Å². The third-order valence-corrected chi connectivity index (χ3v) is 5.15. The fourth-order valence-electron chi connectivity index (χ4n) is 3.21. The van der Waals surface area contributed by atoms with Crippen LogP contribution in [0, 0.1) is 0 Å². The van der Waals surface area contributed by atoms with Gasteiger partial charge in [0.1, 0.15) is 18.5 Å². The van der Waals surface area contributed by atoms with Gasteiger partial charge in [0.15, 0.2) is 5.78 Å². The maximum absolute atomic E-state index is 13.1. The fourth-order valence-corrected chi connectivity index (χ4v) is 3.48. The lowest BCUT2D eigenvalue weighted by Gasteiger charge is -2.31. The summed E-state index contributed by atoms with van der Waals surface area (Å²) in [6.07, 6.45) is 3.10. The molecular weight excluding hydrogens is 422 g/mol. The molecule has 1 saturated heterocycles. The first-order valence-corrected chi connectivity index (χ1v) is 9.75. The molecule has 2 aromatic rings. The van der Waals surface area contributed by atoms with Crippen LogP contribution in [0.15, 0.2) is 82.6 Å². The summed E-state index contributed by atoms with van der Waals surface area (Å²) in [5.41, 5.74) is 1.54. The Balaban J connectivity index is 1.63. The van der Waals surface area contributed by atoms with Crippen molar-refractivity contribution in [3.05, 3.63) is 93.7 Å². The third kappa shape index (κ3) is 3.93. The normalized spacial score (nSPS) is 20.9. The number of ether oxygens (including phenoxy) is 2. The topological polar surface area (TPSA) is 64.6 Å². The molecule has 1 heterocycles. The minimum Gasteiger partial charge on any atom is -0.493 e. The van der Waals surface area contributed by atoms with Crippen molar-refractivity contribution in [3.8, 4) is 0 Å². The summed E-state index contributed by atoms with van der Waals surface area (Å²) in [6, 6.07) is 15.4. The van der Waals surface area contributed by atoms with Gasteiger partial charge in [-0.1, -0.05) is 46.3 Å². The minimum atomic E-state index is -0.600. The van der Waals surface area contributed by atoms with Gasteiger partial charge in [0, 0.05) is 21.2 Å². The molecule has 1 fully saturated rings. The molecule has 0 saturated carbocycles. The van der Waals surface area contributed by atoms with Crippen molar-refractivity contribution >= 4 is 27.6 Å². The highest BCUT2D eigenvalue weighted by atomic mass is 79.9. The van der Waals surface area contributed by atoms with Crippen LogP contribution in [0.5, 0.6) is 0 Å². The lowest BCUT2D eigenvalue weighted by atomic mass is 9.90. The molecule has 2 unspecified atom stereocenters. The van der Waals surface area contributed by atoms with Crippen LogP contribution in [-0.2, 0) is 9.47 Å². The summed E-state index contributed by atoms with van der Waals surface area (Å²) in [5, 5.41) is 2.93. The first kappa shape index (κ1) is 18.7. The quantitative estimate of drug-likeness (QED) is 0.738. The van der Waals surface area contributed by atoms with Gasteiger partial charge in [0.25, 0.3) is 5.91 Å². The van der Waals surface area contributed by atoms with Gasteiger partial charge < -0.3 is 14.8 Å². The Morgan fingerprint density at radius 3 is 2.43 bits per heavy atom. The number of carbonyl (C=O) groups is 2. The zero-order valence-electron chi connectivity index (χ0n) is 14.9. The highest BCUT2D eigenvalue weighted by Crippen LogP contribution is 2.27. The number of rotatable bonds is 4. The van der Waals surface area contributed by atoms with Gasteiger partial charge in [-0.3, -0.25) is 9.59 Å². The van der Waals surface area contributed by atoms with Crippen LogP contribution < -0.4 is 5.32 Å². The summed E-state index contributed by atoms with van der Waals surface area (Å²) in [4.78, 5) is 25.8. The highest BCUT2D eigenvalue weighted by molar-refractivity contribution is 9.10. The number of halogens is 1. The fraction of sp³-hybridized carbons (Fsp3) is 0.182. The Labute approximate surface area is 171 Å². The summed E-state index contributed by atoms with van der Waals surface area (Å²) in [5.74, 6) is 0.208. The SMILES string of the molecule is O=C(NC1C=C2OCCOC2C=C1C(=O)c1ccccc1)c1ccc(Br)cc1. The Hall–Kier alpha value is -2.70. The third-order valence-electron chi connectivity index (χ3n) is 4.62. The monoisotopic (exact) mass is 439 g/mol. The van der Waals surface area contributed by atoms with Crippen LogP contribution in [0.1, 0.15) is 20.7 Å². The van der Waals surface area contributed by atoms with E-state index in [0.29, 0.717) is 35.7 Å². The first-order chi connectivity index (χ1) is 13.6. The van der Waals surface area contributed by atoms with E-state index in [4.69, 9.17) is 9.47 Å². The molecule has 2 aliphatic rings. The van der Waals surface area contributed by atoms with E-state index in [2.05, 4.69) is 21.2 Å². The lowest BCUT2D eigenvalue weighted by Crippen LogP contribution is -2.42. The number of ketones is 1. The van der Waals surface area contributed by atoms with E-state index in [9.17, 15) is 9.59 Å². The molecule has 0 radical (unpaired) electrons. The summed E-state index contributed by atoms with van der Waals surface area (Å²) in [7, 11) is 0. The Bertz CT molecular complexity index is 950. The van der Waals surface area contributed by atoms with Gasteiger partial charge in [-0.15, -0.1) is 0 Å². The summed E-state index contributed by atoms with van der Waals surface area (Å²) >= 11 is 3.36. The van der Waals surface area contributed by atoms with Gasteiger partial charge >= 0.3 is 0 Å². The van der Waals surface area contributed by atoms with Crippen molar-refractivity contribution in [2.75, 3.05) is 13.2 Å². The van der Waals surface area contributed by atoms with E-state index in [1.54, 1.807) is 48.6 Å². The van der Waals surface area contributed by atoms with Gasteiger partial charge in [0.05, 0.1) is 12.6 Å². The number of amides is 1. The molecule has 4 rings (SSSR count). The molecule has 1 amide bonds. The Morgan fingerprint density at radius 1 is 0.929 bits per heavy atom. The van der Waals surface area contributed by atoms with E-state index in [0.717, 1.165) is 4.47 Å². The lowest BCUT2D eigenvalue weighted by molar-refractivity contribution is -0.0235. The van der Waals surface area contributed by atoms with Crippen molar-refractivity contribution in [3.63, 3.8) is 0 Å². The van der Waals surface area contributed by atoms with E-state index < -0.39 is 12.1 Å². The zero-order valence-corrected chi connectivity index (χ0v) is 16.5. The predicted octanol–water partition coefficient (Wildman–Crippen LogP) is 3.67. The average Bonchev–Trinajstić information content (AvgIpc) is 2.74. The van der Waals surface area contributed by atoms with Crippen LogP contribution in [0.3, 0.4) is 0 Å². The molecular formula is C22H18BrNO4. The smallest absolute Gasteiger partial charge is 0.252 e. The van der Waals surface area contributed by atoms with E-state index in [1.165, 1.54) is 0 Å². The van der Waals surface area contributed by atoms with Crippen LogP contribution in [0.2, 0.25) is 0 Å². The number of hydrogen-bond acceptors (Lipinski definition) is 4. The molecule has 2 atom stereocenters. The van der Waals surface area contributed by atoms with Crippen molar-refractivity contribution in [1.82, 2.24) is 5.32 Å². The molecule has 28 heavy (non-hydrogen) atoms. The van der Waals surface area contributed by atoms with Crippen LogP contribution in [-0.4, -0.2) is 37.0 Å². The molecule has 1 aliphatic carbocycles. The predicted molar refractivity (Wildman–Crippen MR) is 108 cm³/mol. The van der Waals surface area contributed by atoms with Crippen LogP contribution in [0.4, 0.5) is 0 Å². The molecule has 1 aliphatic heterocycles. The Morgan fingerprint density at radius 2 is 1.68 bits per heavy atom. The van der Waals surface area contributed by atoms with E-state index >= 15 is 0 Å². The van der Waals surface area contributed by atoms with E-state index in [-0.39, 0.29) is 11.7 Å². The summed E-state index contributed by atoms with van der Waals surface area (Å²) < 4.78 is 12.3. The zero-order chi connectivity index (χ0) is 19.5. The second kappa shape index (κ2) is 8.12. The van der Waals surface area contributed by atoms with Crippen molar-refractivity contribution in [1.29, 1.82) is 0 Å². The number of carbonyl (C=O) groups excluding carboxylic acids is 2.